The molecule has 1 rings (SSSR count). The summed E-state index contributed by atoms with van der Waals surface area (Å²) in [6.45, 7) is 4.02. The first kappa shape index (κ1) is 16.8. The van der Waals surface area contributed by atoms with Crippen molar-refractivity contribution < 1.29 is 19.4 Å². The Bertz CT molecular complexity index is 502. The molecule has 1 atom stereocenters. The second-order valence-corrected chi connectivity index (χ2v) is 4.86. The van der Waals surface area contributed by atoms with E-state index in [0.29, 0.717) is 11.4 Å². The Labute approximate surface area is 124 Å². The molecule has 0 aliphatic rings. The van der Waals surface area contributed by atoms with E-state index in [1.165, 1.54) is 25.3 Å². The van der Waals surface area contributed by atoms with Crippen LogP contribution in [0, 0.1) is 0 Å². The monoisotopic (exact) mass is 294 g/mol. The van der Waals surface area contributed by atoms with Gasteiger partial charge in [-0.3, -0.25) is 0 Å². The average Bonchev–Trinajstić information content (AvgIpc) is 2.44. The number of benzene rings is 1. The molecule has 0 bridgehead atoms. The van der Waals surface area contributed by atoms with Crippen LogP contribution in [-0.4, -0.2) is 30.3 Å². The first-order valence-corrected chi connectivity index (χ1v) is 6.96. The molecule has 1 aromatic rings. The van der Waals surface area contributed by atoms with Crippen molar-refractivity contribution >= 4 is 17.7 Å². The van der Waals surface area contributed by atoms with Crippen LogP contribution < -0.4 is 15.4 Å². The van der Waals surface area contributed by atoms with Crippen LogP contribution in [0.2, 0.25) is 0 Å². The number of carbonyl (C=O) groups excluding carboxylic acids is 1. The molecule has 21 heavy (non-hydrogen) atoms. The fraction of sp³-hybridized carbons (Fsp3) is 0.467. The summed E-state index contributed by atoms with van der Waals surface area (Å²) in [6, 6.07) is 3.99. The first-order chi connectivity index (χ1) is 9.97. The van der Waals surface area contributed by atoms with Crippen LogP contribution in [-0.2, 0) is 0 Å². The van der Waals surface area contributed by atoms with Crippen molar-refractivity contribution in [2.75, 3.05) is 12.4 Å². The molecule has 0 radical (unpaired) electrons. The Balaban J connectivity index is 2.74. The fourth-order valence-corrected chi connectivity index (χ4v) is 1.90. The number of carboxylic acids is 1. The van der Waals surface area contributed by atoms with Crippen LogP contribution in [0.15, 0.2) is 18.2 Å². The lowest BCUT2D eigenvalue weighted by Crippen LogP contribution is -2.36. The highest BCUT2D eigenvalue weighted by molar-refractivity contribution is 5.94. The van der Waals surface area contributed by atoms with Gasteiger partial charge in [-0.25, -0.2) is 9.59 Å². The van der Waals surface area contributed by atoms with Crippen molar-refractivity contribution in [2.24, 2.45) is 0 Å². The second-order valence-electron chi connectivity index (χ2n) is 4.86. The third kappa shape index (κ3) is 5.33. The molecular formula is C15H22N2O4. The lowest BCUT2D eigenvalue weighted by molar-refractivity contribution is 0.0697. The van der Waals surface area contributed by atoms with E-state index >= 15 is 0 Å². The largest absolute Gasteiger partial charge is 0.495 e. The molecule has 0 spiro atoms. The highest BCUT2D eigenvalue weighted by atomic mass is 16.5. The second kappa shape index (κ2) is 8.14. The number of unbranched alkanes of at least 4 members (excludes halogenated alkanes) is 1. The SMILES string of the molecule is CCCCC(C)NC(=O)Nc1cc(C(=O)O)ccc1OC. The third-order valence-corrected chi connectivity index (χ3v) is 3.06. The summed E-state index contributed by atoms with van der Waals surface area (Å²) in [5, 5.41) is 14.4. The molecule has 6 heteroatoms. The first-order valence-electron chi connectivity index (χ1n) is 6.96. The lowest BCUT2D eigenvalue weighted by Gasteiger charge is -2.16. The number of carboxylic acid groups (broad SMARTS) is 1. The molecule has 0 aliphatic heterocycles. The lowest BCUT2D eigenvalue weighted by atomic mass is 10.1. The van der Waals surface area contributed by atoms with Gasteiger partial charge in [0.15, 0.2) is 0 Å². The minimum absolute atomic E-state index is 0.0543. The smallest absolute Gasteiger partial charge is 0.335 e. The minimum atomic E-state index is -1.06. The molecule has 0 aromatic heterocycles. The number of urea groups is 1. The van der Waals surface area contributed by atoms with Crippen LogP contribution in [0.25, 0.3) is 0 Å². The molecule has 0 saturated carbocycles. The molecule has 116 valence electrons. The molecule has 0 heterocycles. The summed E-state index contributed by atoms with van der Waals surface area (Å²) in [7, 11) is 1.46. The standard InChI is InChI=1S/C15H22N2O4/c1-4-5-6-10(2)16-15(20)17-12-9-11(14(18)19)7-8-13(12)21-3/h7-10H,4-6H2,1-3H3,(H,18,19)(H2,16,17,20). The number of amides is 2. The maximum atomic E-state index is 11.9. The average molecular weight is 294 g/mol. The molecular weight excluding hydrogens is 272 g/mol. The van der Waals surface area contributed by atoms with Gasteiger partial charge in [-0.1, -0.05) is 19.8 Å². The van der Waals surface area contributed by atoms with Crippen LogP contribution >= 0.6 is 0 Å². The van der Waals surface area contributed by atoms with Gasteiger partial charge in [-0.2, -0.15) is 0 Å². The number of rotatable bonds is 7. The van der Waals surface area contributed by atoms with Gasteiger partial charge in [-0.15, -0.1) is 0 Å². The van der Waals surface area contributed by atoms with Gasteiger partial charge in [0.25, 0.3) is 0 Å². The zero-order valence-electron chi connectivity index (χ0n) is 12.6. The predicted molar refractivity (Wildman–Crippen MR) is 81.1 cm³/mol. The van der Waals surface area contributed by atoms with Gasteiger partial charge >= 0.3 is 12.0 Å². The van der Waals surface area contributed by atoms with Crippen molar-refractivity contribution in [3.05, 3.63) is 23.8 Å². The van der Waals surface area contributed by atoms with E-state index in [1.807, 2.05) is 6.92 Å². The van der Waals surface area contributed by atoms with Crippen molar-refractivity contribution in [1.29, 1.82) is 0 Å². The number of nitrogens with one attached hydrogen (secondary N) is 2. The van der Waals surface area contributed by atoms with E-state index in [2.05, 4.69) is 17.6 Å². The molecule has 3 N–H and O–H groups in total. The fourth-order valence-electron chi connectivity index (χ4n) is 1.90. The quantitative estimate of drug-likeness (QED) is 0.721. The van der Waals surface area contributed by atoms with E-state index in [1.54, 1.807) is 0 Å². The molecule has 6 nitrogen and oxygen atoms in total. The predicted octanol–water partition coefficient (Wildman–Crippen LogP) is 3.09. The van der Waals surface area contributed by atoms with Crippen LogP contribution in [0.4, 0.5) is 10.5 Å². The molecule has 1 aromatic carbocycles. The van der Waals surface area contributed by atoms with Gasteiger partial charge in [0.1, 0.15) is 5.75 Å². The summed E-state index contributed by atoms with van der Waals surface area (Å²) in [6.07, 6.45) is 3.01. The van der Waals surface area contributed by atoms with Crippen molar-refractivity contribution in [3.63, 3.8) is 0 Å². The minimum Gasteiger partial charge on any atom is -0.495 e. The van der Waals surface area contributed by atoms with E-state index in [9.17, 15) is 9.59 Å². The van der Waals surface area contributed by atoms with Gasteiger partial charge in [-0.05, 0) is 31.5 Å². The topological polar surface area (TPSA) is 87.7 Å². The van der Waals surface area contributed by atoms with Crippen LogP contribution in [0.3, 0.4) is 0 Å². The summed E-state index contributed by atoms with van der Waals surface area (Å²) < 4.78 is 5.12. The Morgan fingerprint density at radius 2 is 2.10 bits per heavy atom. The third-order valence-electron chi connectivity index (χ3n) is 3.06. The Morgan fingerprint density at radius 3 is 2.67 bits per heavy atom. The maximum Gasteiger partial charge on any atom is 0.335 e. The van der Waals surface area contributed by atoms with Crippen LogP contribution in [0.5, 0.6) is 5.75 Å². The van der Waals surface area contributed by atoms with Crippen molar-refractivity contribution in [2.45, 2.75) is 39.2 Å². The molecule has 1 unspecified atom stereocenters. The van der Waals surface area contributed by atoms with Gasteiger partial charge in [0, 0.05) is 6.04 Å². The molecule has 0 fully saturated rings. The van der Waals surface area contributed by atoms with Crippen molar-refractivity contribution in [1.82, 2.24) is 5.32 Å². The molecule has 0 saturated heterocycles. The van der Waals surface area contributed by atoms with E-state index < -0.39 is 5.97 Å². The number of carbonyl (C=O) groups is 2. The Hall–Kier alpha value is -2.24. The number of aromatic carboxylic acids is 1. The highest BCUT2D eigenvalue weighted by Crippen LogP contribution is 2.25. The highest BCUT2D eigenvalue weighted by Gasteiger charge is 2.13. The summed E-state index contributed by atoms with van der Waals surface area (Å²) >= 11 is 0. The molecule has 0 aliphatic carbocycles. The Kier molecular flexibility index (Phi) is 6.52. The van der Waals surface area contributed by atoms with E-state index in [0.717, 1.165) is 19.3 Å². The number of methoxy groups -OCH3 is 1. The number of hydrogen-bond acceptors (Lipinski definition) is 3. The number of anilines is 1. The van der Waals surface area contributed by atoms with Gasteiger partial charge < -0.3 is 20.5 Å². The maximum absolute atomic E-state index is 11.9. The zero-order chi connectivity index (χ0) is 15.8. The summed E-state index contributed by atoms with van der Waals surface area (Å²) in [4.78, 5) is 22.9. The zero-order valence-corrected chi connectivity index (χ0v) is 12.6. The van der Waals surface area contributed by atoms with Crippen molar-refractivity contribution in [3.8, 4) is 5.75 Å². The molecule has 2 amide bonds. The van der Waals surface area contributed by atoms with E-state index in [-0.39, 0.29) is 17.6 Å². The number of ether oxygens (including phenoxy) is 1. The van der Waals surface area contributed by atoms with Crippen LogP contribution in [0.1, 0.15) is 43.5 Å². The van der Waals surface area contributed by atoms with E-state index in [4.69, 9.17) is 9.84 Å². The summed E-state index contributed by atoms with van der Waals surface area (Å²) in [5.41, 5.74) is 0.419. The van der Waals surface area contributed by atoms with Gasteiger partial charge in [0.2, 0.25) is 0 Å². The summed E-state index contributed by atoms with van der Waals surface area (Å²) in [5.74, 6) is -0.645. The normalized spacial score (nSPS) is 11.6. The van der Waals surface area contributed by atoms with Gasteiger partial charge in [0.05, 0.1) is 18.4 Å². The Morgan fingerprint density at radius 1 is 1.38 bits per heavy atom. The number of hydrogen-bond donors (Lipinski definition) is 3.